The molecule has 0 spiro atoms. The van der Waals surface area contributed by atoms with E-state index in [0.717, 1.165) is 60.7 Å². The summed E-state index contributed by atoms with van der Waals surface area (Å²) in [7, 11) is 0. The summed E-state index contributed by atoms with van der Waals surface area (Å²) in [6.07, 6.45) is 2.25. The lowest BCUT2D eigenvalue weighted by atomic mass is 9.84. The summed E-state index contributed by atoms with van der Waals surface area (Å²) in [5.74, 6) is 0.818. The molecule has 4 nitrogen and oxygen atoms in total. The Morgan fingerprint density at radius 3 is 2.82 bits per heavy atom. The fourth-order valence-electron chi connectivity index (χ4n) is 4.50. The average molecular weight is 414 g/mol. The highest BCUT2D eigenvalue weighted by atomic mass is 35.5. The fourth-order valence-corrected chi connectivity index (χ4v) is 4.90. The van der Waals surface area contributed by atoms with Crippen molar-refractivity contribution in [1.82, 2.24) is 14.9 Å². The molecule has 0 amide bonds. The third-order valence-corrected chi connectivity index (χ3v) is 6.52. The molecule has 0 saturated carbocycles. The third kappa shape index (κ3) is 3.15. The van der Waals surface area contributed by atoms with Crippen LogP contribution >= 0.6 is 23.2 Å². The van der Waals surface area contributed by atoms with Crippen LogP contribution in [0.3, 0.4) is 0 Å². The highest BCUT2D eigenvalue weighted by Crippen LogP contribution is 2.37. The van der Waals surface area contributed by atoms with E-state index in [1.54, 1.807) is 0 Å². The number of imidazole rings is 1. The SMILES string of the molecule is O[C@@H]1c2cc(Cl)ccc2CC[C@H]1N1CCc2nc(-c3ccccc3Cl)[nH]c2C1. The van der Waals surface area contributed by atoms with Crippen molar-refractivity contribution in [3.63, 3.8) is 0 Å². The molecule has 0 saturated heterocycles. The van der Waals surface area contributed by atoms with E-state index in [2.05, 4.69) is 9.88 Å². The van der Waals surface area contributed by atoms with Crippen molar-refractivity contribution >= 4 is 23.2 Å². The van der Waals surface area contributed by atoms with E-state index < -0.39 is 6.10 Å². The Bertz CT molecular complexity index is 1030. The Balaban J connectivity index is 1.40. The van der Waals surface area contributed by atoms with Crippen LogP contribution in [-0.4, -0.2) is 32.6 Å². The summed E-state index contributed by atoms with van der Waals surface area (Å²) < 4.78 is 0. The van der Waals surface area contributed by atoms with Gasteiger partial charge >= 0.3 is 0 Å². The quantitative estimate of drug-likeness (QED) is 0.634. The number of fused-ring (bicyclic) bond motifs is 2. The normalized spacial score (nSPS) is 22.0. The lowest BCUT2D eigenvalue weighted by molar-refractivity contribution is 0.0277. The molecule has 144 valence electrons. The zero-order chi connectivity index (χ0) is 19.3. The number of aliphatic hydroxyl groups is 1. The van der Waals surface area contributed by atoms with E-state index in [4.69, 9.17) is 28.2 Å². The van der Waals surface area contributed by atoms with E-state index in [-0.39, 0.29) is 6.04 Å². The number of hydrogen-bond donors (Lipinski definition) is 2. The van der Waals surface area contributed by atoms with Gasteiger partial charge in [-0.2, -0.15) is 0 Å². The van der Waals surface area contributed by atoms with Crippen LogP contribution in [-0.2, 0) is 19.4 Å². The molecule has 2 aromatic carbocycles. The van der Waals surface area contributed by atoms with E-state index in [1.165, 1.54) is 5.56 Å². The Hall–Kier alpha value is -1.85. The minimum absolute atomic E-state index is 0.0891. The van der Waals surface area contributed by atoms with Crippen LogP contribution in [0.25, 0.3) is 11.4 Å². The number of hydrogen-bond acceptors (Lipinski definition) is 3. The molecule has 6 heteroatoms. The zero-order valence-electron chi connectivity index (χ0n) is 15.3. The van der Waals surface area contributed by atoms with Gasteiger partial charge in [-0.25, -0.2) is 4.98 Å². The molecule has 1 aromatic heterocycles. The van der Waals surface area contributed by atoms with E-state index >= 15 is 0 Å². The number of nitrogens with one attached hydrogen (secondary N) is 1. The Morgan fingerprint density at radius 2 is 1.96 bits per heavy atom. The lowest BCUT2D eigenvalue weighted by Gasteiger charge is -2.40. The van der Waals surface area contributed by atoms with Gasteiger partial charge in [0.1, 0.15) is 5.82 Å². The number of halogens is 2. The van der Waals surface area contributed by atoms with Crippen LogP contribution in [0.1, 0.15) is 35.0 Å². The molecule has 0 radical (unpaired) electrons. The Kier molecular flexibility index (Phi) is 4.68. The van der Waals surface area contributed by atoms with Crippen molar-refractivity contribution < 1.29 is 5.11 Å². The Labute approximate surface area is 174 Å². The number of aliphatic hydroxyl groups excluding tert-OH is 1. The highest BCUT2D eigenvalue weighted by molar-refractivity contribution is 6.33. The van der Waals surface area contributed by atoms with Crippen molar-refractivity contribution in [2.75, 3.05) is 6.54 Å². The maximum atomic E-state index is 11.0. The van der Waals surface area contributed by atoms with Gasteiger partial charge in [0.25, 0.3) is 0 Å². The topological polar surface area (TPSA) is 52.1 Å². The van der Waals surface area contributed by atoms with Crippen LogP contribution in [0.4, 0.5) is 0 Å². The first-order valence-corrected chi connectivity index (χ1v) is 10.4. The van der Waals surface area contributed by atoms with Crippen molar-refractivity contribution in [3.05, 3.63) is 75.0 Å². The molecule has 3 aromatic rings. The van der Waals surface area contributed by atoms with E-state index in [0.29, 0.717) is 10.0 Å². The number of nitrogens with zero attached hydrogens (tertiary/aromatic N) is 2. The summed E-state index contributed by atoms with van der Waals surface area (Å²) >= 11 is 12.5. The maximum Gasteiger partial charge on any atom is 0.139 e. The third-order valence-electron chi connectivity index (χ3n) is 5.96. The number of aryl methyl sites for hydroxylation is 1. The molecule has 2 aliphatic rings. The first kappa shape index (κ1) is 18.2. The zero-order valence-corrected chi connectivity index (χ0v) is 16.8. The van der Waals surface area contributed by atoms with Crippen LogP contribution < -0.4 is 0 Å². The van der Waals surface area contributed by atoms with Gasteiger partial charge in [-0.05, 0) is 48.2 Å². The van der Waals surface area contributed by atoms with Gasteiger partial charge in [0.15, 0.2) is 0 Å². The Morgan fingerprint density at radius 1 is 1.11 bits per heavy atom. The molecule has 2 heterocycles. The number of H-pyrrole nitrogens is 1. The summed E-state index contributed by atoms with van der Waals surface area (Å²) in [6, 6.07) is 13.7. The lowest BCUT2D eigenvalue weighted by Crippen LogP contribution is -2.44. The maximum absolute atomic E-state index is 11.0. The predicted molar refractivity (Wildman–Crippen MR) is 112 cm³/mol. The molecular weight excluding hydrogens is 393 g/mol. The van der Waals surface area contributed by atoms with Crippen molar-refractivity contribution in [2.45, 2.75) is 38.0 Å². The minimum Gasteiger partial charge on any atom is -0.387 e. The number of rotatable bonds is 2. The molecule has 0 fully saturated rings. The largest absolute Gasteiger partial charge is 0.387 e. The minimum atomic E-state index is -0.519. The first-order valence-electron chi connectivity index (χ1n) is 9.63. The number of aromatic nitrogens is 2. The molecule has 1 aliphatic heterocycles. The number of benzene rings is 2. The van der Waals surface area contributed by atoms with Crippen molar-refractivity contribution in [3.8, 4) is 11.4 Å². The van der Waals surface area contributed by atoms with Gasteiger partial charge in [0.05, 0.1) is 22.5 Å². The van der Waals surface area contributed by atoms with Gasteiger partial charge in [-0.1, -0.05) is 41.4 Å². The monoisotopic (exact) mass is 413 g/mol. The summed E-state index contributed by atoms with van der Waals surface area (Å²) in [4.78, 5) is 10.6. The second-order valence-electron chi connectivity index (χ2n) is 7.60. The summed E-state index contributed by atoms with van der Waals surface area (Å²) in [5.41, 5.74) is 5.31. The van der Waals surface area contributed by atoms with Gasteiger partial charge in [-0.3, -0.25) is 4.90 Å². The van der Waals surface area contributed by atoms with Gasteiger partial charge < -0.3 is 10.1 Å². The second kappa shape index (κ2) is 7.20. The molecule has 2 N–H and O–H groups in total. The molecule has 2 atom stereocenters. The first-order chi connectivity index (χ1) is 13.6. The van der Waals surface area contributed by atoms with Crippen LogP contribution in [0.15, 0.2) is 42.5 Å². The van der Waals surface area contributed by atoms with Crippen molar-refractivity contribution in [2.24, 2.45) is 0 Å². The molecule has 0 bridgehead atoms. The fraction of sp³-hybridized carbons (Fsp3) is 0.318. The van der Waals surface area contributed by atoms with Crippen molar-refractivity contribution in [1.29, 1.82) is 0 Å². The van der Waals surface area contributed by atoms with Gasteiger partial charge in [0, 0.05) is 36.1 Å². The van der Waals surface area contributed by atoms with Crippen LogP contribution in [0.2, 0.25) is 10.0 Å². The van der Waals surface area contributed by atoms with Crippen LogP contribution in [0, 0.1) is 0 Å². The van der Waals surface area contributed by atoms with E-state index in [1.807, 2.05) is 42.5 Å². The smallest absolute Gasteiger partial charge is 0.139 e. The molecular formula is C22H21Cl2N3O. The summed E-state index contributed by atoms with van der Waals surface area (Å²) in [5, 5.41) is 12.4. The summed E-state index contributed by atoms with van der Waals surface area (Å²) in [6.45, 7) is 1.64. The second-order valence-corrected chi connectivity index (χ2v) is 8.45. The molecule has 0 unspecified atom stereocenters. The average Bonchev–Trinajstić information content (AvgIpc) is 3.12. The standard InChI is InChI=1S/C22H21Cl2N3O/c23-14-7-5-13-6-8-20(21(28)16(13)11-14)27-10-9-18-19(12-27)26-22(25-18)15-3-1-2-4-17(15)24/h1-5,7,11,20-21,28H,6,8-10,12H2,(H,25,26)/t20-,21-/m1/s1. The van der Waals surface area contributed by atoms with Gasteiger partial charge in [0.2, 0.25) is 0 Å². The molecule has 28 heavy (non-hydrogen) atoms. The van der Waals surface area contributed by atoms with Gasteiger partial charge in [-0.15, -0.1) is 0 Å². The number of aromatic amines is 1. The van der Waals surface area contributed by atoms with Crippen LogP contribution in [0.5, 0.6) is 0 Å². The highest BCUT2D eigenvalue weighted by Gasteiger charge is 2.35. The molecule has 5 rings (SSSR count). The van der Waals surface area contributed by atoms with E-state index in [9.17, 15) is 5.11 Å². The molecule has 1 aliphatic carbocycles. The predicted octanol–water partition coefficient (Wildman–Crippen LogP) is 4.79.